The average Bonchev–Trinajstić information content (AvgIpc) is 2.38. The van der Waals surface area contributed by atoms with Crippen LogP contribution in [0.1, 0.15) is 11.1 Å². The van der Waals surface area contributed by atoms with E-state index >= 15 is 0 Å². The summed E-state index contributed by atoms with van der Waals surface area (Å²) in [6.45, 7) is 1.32. The zero-order chi connectivity index (χ0) is 13.3. The SMILES string of the molecule is Cc1ccc([C@@]2(CO)OC[C@@H](O)[C@@H](O)[C@@H]2O)cc1. The fourth-order valence-electron chi connectivity index (χ4n) is 2.22. The van der Waals surface area contributed by atoms with Crippen molar-refractivity contribution < 1.29 is 25.2 Å². The van der Waals surface area contributed by atoms with Crippen LogP contribution in [0.25, 0.3) is 0 Å². The third-order valence-electron chi connectivity index (χ3n) is 3.48. The molecule has 2 rings (SSSR count). The van der Waals surface area contributed by atoms with Crippen molar-refractivity contribution in [3.05, 3.63) is 35.4 Å². The minimum atomic E-state index is -1.38. The second kappa shape index (κ2) is 4.95. The Labute approximate surface area is 105 Å². The molecule has 0 unspecified atom stereocenters. The van der Waals surface area contributed by atoms with Crippen molar-refractivity contribution in [1.29, 1.82) is 0 Å². The van der Waals surface area contributed by atoms with Gasteiger partial charge in [-0.1, -0.05) is 29.8 Å². The highest BCUT2D eigenvalue weighted by atomic mass is 16.5. The summed E-state index contributed by atoms with van der Waals surface area (Å²) in [5.74, 6) is 0. The monoisotopic (exact) mass is 254 g/mol. The third kappa shape index (κ3) is 2.04. The summed E-state index contributed by atoms with van der Waals surface area (Å²) in [7, 11) is 0. The van der Waals surface area contributed by atoms with Crippen LogP contribution in [0.5, 0.6) is 0 Å². The van der Waals surface area contributed by atoms with Gasteiger partial charge >= 0.3 is 0 Å². The third-order valence-corrected chi connectivity index (χ3v) is 3.48. The molecule has 0 aliphatic carbocycles. The lowest BCUT2D eigenvalue weighted by molar-refractivity contribution is -0.252. The molecule has 1 aliphatic rings. The molecule has 1 aromatic carbocycles. The van der Waals surface area contributed by atoms with Crippen LogP contribution in [0.15, 0.2) is 24.3 Å². The molecule has 1 heterocycles. The van der Waals surface area contributed by atoms with Crippen molar-refractivity contribution in [2.24, 2.45) is 0 Å². The number of aliphatic hydroxyl groups excluding tert-OH is 4. The second-order valence-electron chi connectivity index (χ2n) is 4.73. The lowest BCUT2D eigenvalue weighted by Crippen LogP contribution is -2.60. The number of rotatable bonds is 2. The van der Waals surface area contributed by atoms with Gasteiger partial charge in [-0.05, 0) is 12.5 Å². The van der Waals surface area contributed by atoms with E-state index in [2.05, 4.69) is 0 Å². The summed E-state index contributed by atoms with van der Waals surface area (Å²) in [4.78, 5) is 0. The van der Waals surface area contributed by atoms with Crippen LogP contribution in [0.4, 0.5) is 0 Å². The van der Waals surface area contributed by atoms with Gasteiger partial charge in [-0.15, -0.1) is 0 Å². The van der Waals surface area contributed by atoms with Gasteiger partial charge in [0.15, 0.2) is 0 Å². The lowest BCUT2D eigenvalue weighted by Gasteiger charge is -2.44. The minimum Gasteiger partial charge on any atom is -0.393 e. The maximum Gasteiger partial charge on any atom is 0.144 e. The zero-order valence-electron chi connectivity index (χ0n) is 10.2. The van der Waals surface area contributed by atoms with Crippen LogP contribution in [-0.4, -0.2) is 52.0 Å². The summed E-state index contributed by atoms with van der Waals surface area (Å²) >= 11 is 0. The molecule has 0 amide bonds. The van der Waals surface area contributed by atoms with Gasteiger partial charge in [0.2, 0.25) is 0 Å². The van der Waals surface area contributed by atoms with E-state index in [1.807, 2.05) is 19.1 Å². The molecule has 0 aromatic heterocycles. The highest BCUT2D eigenvalue weighted by Crippen LogP contribution is 2.35. The predicted molar refractivity (Wildman–Crippen MR) is 63.9 cm³/mol. The van der Waals surface area contributed by atoms with E-state index in [0.717, 1.165) is 5.56 Å². The van der Waals surface area contributed by atoms with Crippen molar-refractivity contribution in [2.45, 2.75) is 30.8 Å². The zero-order valence-corrected chi connectivity index (χ0v) is 10.2. The Hall–Kier alpha value is -0.980. The van der Waals surface area contributed by atoms with Gasteiger partial charge in [0, 0.05) is 0 Å². The topological polar surface area (TPSA) is 90.2 Å². The molecule has 0 spiro atoms. The average molecular weight is 254 g/mol. The number of aryl methyl sites for hydroxylation is 1. The highest BCUT2D eigenvalue weighted by Gasteiger charge is 2.50. The fraction of sp³-hybridized carbons (Fsp3) is 0.538. The van der Waals surface area contributed by atoms with Crippen molar-refractivity contribution in [3.8, 4) is 0 Å². The van der Waals surface area contributed by atoms with Crippen molar-refractivity contribution in [1.82, 2.24) is 0 Å². The van der Waals surface area contributed by atoms with Gasteiger partial charge in [0.25, 0.3) is 0 Å². The van der Waals surface area contributed by atoms with Crippen LogP contribution in [0.3, 0.4) is 0 Å². The second-order valence-corrected chi connectivity index (χ2v) is 4.73. The molecule has 0 bridgehead atoms. The van der Waals surface area contributed by atoms with Crippen LogP contribution in [0, 0.1) is 6.92 Å². The Kier molecular flexibility index (Phi) is 3.70. The van der Waals surface area contributed by atoms with Gasteiger partial charge in [-0.25, -0.2) is 0 Å². The molecule has 5 nitrogen and oxygen atoms in total. The number of aliphatic hydroxyl groups is 4. The first-order valence-corrected chi connectivity index (χ1v) is 5.87. The smallest absolute Gasteiger partial charge is 0.144 e. The van der Waals surface area contributed by atoms with E-state index in [9.17, 15) is 20.4 Å². The molecule has 4 atom stereocenters. The molecule has 1 fully saturated rings. The normalized spacial score (nSPS) is 36.6. The number of benzene rings is 1. The van der Waals surface area contributed by atoms with Gasteiger partial charge in [-0.3, -0.25) is 0 Å². The van der Waals surface area contributed by atoms with Gasteiger partial charge in [0.1, 0.15) is 23.9 Å². The van der Waals surface area contributed by atoms with Gasteiger partial charge in [-0.2, -0.15) is 0 Å². The van der Waals surface area contributed by atoms with E-state index in [1.54, 1.807) is 12.1 Å². The van der Waals surface area contributed by atoms with E-state index < -0.39 is 30.5 Å². The van der Waals surface area contributed by atoms with E-state index in [0.29, 0.717) is 5.56 Å². The van der Waals surface area contributed by atoms with Crippen molar-refractivity contribution in [2.75, 3.05) is 13.2 Å². The Bertz CT molecular complexity index is 404. The number of ether oxygens (including phenoxy) is 1. The molecule has 1 aromatic rings. The molecule has 100 valence electrons. The molecule has 0 saturated carbocycles. The summed E-state index contributed by atoms with van der Waals surface area (Å²) in [6, 6.07) is 7.14. The minimum absolute atomic E-state index is 0.132. The molecule has 0 radical (unpaired) electrons. The predicted octanol–water partition coefficient (Wildman–Crippen LogP) is -0.704. The highest BCUT2D eigenvalue weighted by molar-refractivity contribution is 5.29. The van der Waals surface area contributed by atoms with E-state index in [1.165, 1.54) is 0 Å². The van der Waals surface area contributed by atoms with Gasteiger partial charge < -0.3 is 25.2 Å². The lowest BCUT2D eigenvalue weighted by atomic mass is 9.82. The molecule has 1 aliphatic heterocycles. The molecule has 4 N–H and O–H groups in total. The Morgan fingerprint density at radius 3 is 2.39 bits per heavy atom. The number of hydrogen-bond acceptors (Lipinski definition) is 5. The number of hydrogen-bond donors (Lipinski definition) is 4. The van der Waals surface area contributed by atoms with Crippen molar-refractivity contribution in [3.63, 3.8) is 0 Å². The summed E-state index contributed by atoms with van der Waals surface area (Å²) < 4.78 is 5.43. The maximum atomic E-state index is 10.1. The Morgan fingerprint density at radius 1 is 1.22 bits per heavy atom. The molecular weight excluding hydrogens is 236 g/mol. The largest absolute Gasteiger partial charge is 0.393 e. The molecular formula is C13H18O5. The van der Waals surface area contributed by atoms with Crippen LogP contribution in [0.2, 0.25) is 0 Å². The first-order chi connectivity index (χ1) is 8.51. The summed E-state index contributed by atoms with van der Waals surface area (Å²) in [6.07, 6.45) is -3.87. The van der Waals surface area contributed by atoms with Crippen LogP contribution in [-0.2, 0) is 10.3 Å². The standard InChI is InChI=1S/C13H18O5/c1-8-2-4-9(5-3-8)13(7-14)12(17)11(16)10(15)6-18-13/h2-5,10-12,14-17H,6-7H2,1H3/t10-,11-,12+,13-/m1/s1. The quantitative estimate of drug-likeness (QED) is 0.560. The maximum absolute atomic E-state index is 10.1. The van der Waals surface area contributed by atoms with Gasteiger partial charge in [0.05, 0.1) is 13.2 Å². The molecule has 5 heteroatoms. The van der Waals surface area contributed by atoms with Crippen molar-refractivity contribution >= 4 is 0 Å². The van der Waals surface area contributed by atoms with E-state index in [-0.39, 0.29) is 6.61 Å². The van der Waals surface area contributed by atoms with Crippen LogP contribution >= 0.6 is 0 Å². The molecule has 18 heavy (non-hydrogen) atoms. The Morgan fingerprint density at radius 2 is 1.83 bits per heavy atom. The summed E-state index contributed by atoms with van der Waals surface area (Å²) in [5.41, 5.74) is 0.235. The molecule has 1 saturated heterocycles. The van der Waals surface area contributed by atoms with Crippen LogP contribution < -0.4 is 0 Å². The summed E-state index contributed by atoms with van der Waals surface area (Å²) in [5, 5.41) is 38.8. The fourth-order valence-corrected chi connectivity index (χ4v) is 2.22. The first kappa shape index (κ1) is 13.5. The first-order valence-electron chi connectivity index (χ1n) is 5.87. The Balaban J connectivity index is 2.38. The van der Waals surface area contributed by atoms with E-state index in [4.69, 9.17) is 4.74 Å².